The van der Waals surface area contributed by atoms with E-state index in [1.54, 1.807) is 0 Å². The van der Waals surface area contributed by atoms with Gasteiger partial charge in [0.05, 0.1) is 13.2 Å². The third-order valence-corrected chi connectivity index (χ3v) is 2.08. The Balaban J connectivity index is 3.07. The third-order valence-electron chi connectivity index (χ3n) is 2.08. The van der Waals surface area contributed by atoms with Crippen LogP contribution < -0.4 is 4.90 Å². The summed E-state index contributed by atoms with van der Waals surface area (Å²) in [5, 5.41) is 17.4. The predicted molar refractivity (Wildman–Crippen MR) is 52.6 cm³/mol. The zero-order chi connectivity index (χ0) is 11.4. The van der Waals surface area contributed by atoms with E-state index < -0.39 is 18.2 Å². The maximum Gasteiger partial charge on any atom is 0.149 e. The number of aliphatic hydroxyl groups excluding tert-OH is 2. The number of benzene rings is 1. The van der Waals surface area contributed by atoms with Crippen LogP contribution in [0.5, 0.6) is 0 Å². The number of aliphatic hydroxyl groups is 2. The third kappa shape index (κ3) is 2.64. The normalized spacial score (nSPS) is 10.5. The molecular weight excluding hydrogens is 204 g/mol. The molecule has 0 aromatic heterocycles. The van der Waals surface area contributed by atoms with Gasteiger partial charge in [-0.2, -0.15) is 0 Å². The Kier molecular flexibility index (Phi) is 3.99. The van der Waals surface area contributed by atoms with E-state index in [0.29, 0.717) is 0 Å². The standard InChI is InChI=1S/C10H13F2NO2/c1-13(2-3-14)10-8(11)4-7(6-15)5-9(10)12/h4-5,14-15H,2-3,6H2,1H3. The van der Waals surface area contributed by atoms with Crippen molar-refractivity contribution >= 4 is 5.69 Å². The molecule has 5 heteroatoms. The lowest BCUT2D eigenvalue weighted by Gasteiger charge is -2.19. The fraction of sp³-hybridized carbons (Fsp3) is 0.400. The molecule has 0 bridgehead atoms. The average Bonchev–Trinajstić information content (AvgIpc) is 2.16. The molecule has 0 aliphatic carbocycles. The van der Waals surface area contributed by atoms with Crippen molar-refractivity contribution in [1.29, 1.82) is 0 Å². The molecule has 1 aromatic carbocycles. The minimum atomic E-state index is -0.741. The van der Waals surface area contributed by atoms with Gasteiger partial charge in [0.15, 0.2) is 0 Å². The second kappa shape index (κ2) is 5.04. The quantitative estimate of drug-likeness (QED) is 0.787. The summed E-state index contributed by atoms with van der Waals surface area (Å²) in [6, 6.07) is 2.15. The summed E-state index contributed by atoms with van der Waals surface area (Å²) in [5.41, 5.74) is -0.00704. The maximum absolute atomic E-state index is 13.4. The second-order valence-electron chi connectivity index (χ2n) is 3.21. The Labute approximate surface area is 86.6 Å². The highest BCUT2D eigenvalue weighted by atomic mass is 19.1. The summed E-state index contributed by atoms with van der Waals surface area (Å²) >= 11 is 0. The molecule has 2 N–H and O–H groups in total. The van der Waals surface area contributed by atoms with Crippen LogP contribution in [0.25, 0.3) is 0 Å². The summed E-state index contributed by atoms with van der Waals surface area (Å²) < 4.78 is 26.8. The molecule has 0 saturated heterocycles. The molecule has 0 heterocycles. The molecule has 0 saturated carbocycles. The topological polar surface area (TPSA) is 43.7 Å². The lowest BCUT2D eigenvalue weighted by atomic mass is 10.2. The lowest BCUT2D eigenvalue weighted by molar-refractivity contribution is 0.280. The van der Waals surface area contributed by atoms with Gasteiger partial charge < -0.3 is 15.1 Å². The van der Waals surface area contributed by atoms with Crippen LogP contribution in [0.4, 0.5) is 14.5 Å². The fourth-order valence-electron chi connectivity index (χ4n) is 1.34. The molecule has 1 aromatic rings. The summed E-state index contributed by atoms with van der Waals surface area (Å²) in [6.07, 6.45) is 0. The highest BCUT2D eigenvalue weighted by Gasteiger charge is 2.14. The fourth-order valence-corrected chi connectivity index (χ4v) is 1.34. The smallest absolute Gasteiger partial charge is 0.149 e. The van der Waals surface area contributed by atoms with Crippen LogP contribution in [0, 0.1) is 11.6 Å². The summed E-state index contributed by atoms with van der Waals surface area (Å²) in [5.74, 6) is -1.48. The maximum atomic E-state index is 13.4. The molecule has 0 unspecified atom stereocenters. The van der Waals surface area contributed by atoms with E-state index in [-0.39, 0.29) is 24.4 Å². The molecule has 15 heavy (non-hydrogen) atoms. The van der Waals surface area contributed by atoms with Gasteiger partial charge in [-0.05, 0) is 17.7 Å². The van der Waals surface area contributed by atoms with Crippen LogP contribution in [-0.2, 0) is 6.61 Å². The molecule has 0 spiro atoms. The Bertz CT molecular complexity index is 321. The highest BCUT2D eigenvalue weighted by molar-refractivity contribution is 5.50. The zero-order valence-corrected chi connectivity index (χ0v) is 8.37. The van der Waals surface area contributed by atoms with Crippen LogP contribution >= 0.6 is 0 Å². The van der Waals surface area contributed by atoms with Gasteiger partial charge in [-0.3, -0.25) is 0 Å². The number of hydrogen-bond acceptors (Lipinski definition) is 3. The Morgan fingerprint density at radius 2 is 1.73 bits per heavy atom. The van der Waals surface area contributed by atoms with E-state index in [1.807, 2.05) is 0 Å². The zero-order valence-electron chi connectivity index (χ0n) is 8.37. The number of anilines is 1. The van der Waals surface area contributed by atoms with E-state index >= 15 is 0 Å². The van der Waals surface area contributed by atoms with Crippen LogP contribution in [0.2, 0.25) is 0 Å². The van der Waals surface area contributed by atoms with Gasteiger partial charge >= 0.3 is 0 Å². The first kappa shape index (κ1) is 11.9. The summed E-state index contributed by atoms with van der Waals surface area (Å²) in [6.45, 7) is -0.443. The van der Waals surface area contributed by atoms with Gasteiger partial charge in [-0.25, -0.2) is 8.78 Å². The van der Waals surface area contributed by atoms with Crippen molar-refractivity contribution in [2.75, 3.05) is 25.1 Å². The molecule has 0 radical (unpaired) electrons. The molecule has 3 nitrogen and oxygen atoms in total. The number of likely N-dealkylation sites (N-methyl/N-ethyl adjacent to an activating group) is 1. The van der Waals surface area contributed by atoms with E-state index in [1.165, 1.54) is 11.9 Å². The van der Waals surface area contributed by atoms with Crippen molar-refractivity contribution in [3.63, 3.8) is 0 Å². The highest BCUT2D eigenvalue weighted by Crippen LogP contribution is 2.23. The van der Waals surface area contributed by atoms with E-state index in [4.69, 9.17) is 10.2 Å². The lowest BCUT2D eigenvalue weighted by Crippen LogP contribution is -2.23. The van der Waals surface area contributed by atoms with Crippen molar-refractivity contribution in [3.05, 3.63) is 29.3 Å². The van der Waals surface area contributed by atoms with Crippen molar-refractivity contribution in [3.8, 4) is 0 Å². The van der Waals surface area contributed by atoms with Crippen molar-refractivity contribution < 1.29 is 19.0 Å². The molecule has 0 fully saturated rings. The number of halogens is 2. The molecular formula is C10H13F2NO2. The monoisotopic (exact) mass is 217 g/mol. The predicted octanol–water partition coefficient (Wildman–Crippen LogP) is 0.886. The molecule has 0 amide bonds. The molecule has 0 aliphatic heterocycles. The Morgan fingerprint density at radius 1 is 1.20 bits per heavy atom. The largest absolute Gasteiger partial charge is 0.395 e. The molecule has 0 atom stereocenters. The van der Waals surface area contributed by atoms with Crippen molar-refractivity contribution in [2.45, 2.75) is 6.61 Å². The Hall–Kier alpha value is -1.20. The van der Waals surface area contributed by atoms with Crippen LogP contribution in [0.1, 0.15) is 5.56 Å². The van der Waals surface area contributed by atoms with E-state index in [0.717, 1.165) is 12.1 Å². The first-order chi connectivity index (χ1) is 7.10. The van der Waals surface area contributed by atoms with Gasteiger partial charge in [-0.15, -0.1) is 0 Å². The van der Waals surface area contributed by atoms with Crippen molar-refractivity contribution in [2.24, 2.45) is 0 Å². The number of hydrogen-bond donors (Lipinski definition) is 2. The van der Waals surface area contributed by atoms with Crippen LogP contribution in [-0.4, -0.2) is 30.4 Å². The molecule has 1 rings (SSSR count). The van der Waals surface area contributed by atoms with Crippen LogP contribution in [0.3, 0.4) is 0 Å². The van der Waals surface area contributed by atoms with E-state index in [2.05, 4.69) is 0 Å². The first-order valence-corrected chi connectivity index (χ1v) is 4.51. The average molecular weight is 217 g/mol. The first-order valence-electron chi connectivity index (χ1n) is 4.51. The van der Waals surface area contributed by atoms with Gasteiger partial charge in [0, 0.05) is 13.6 Å². The van der Waals surface area contributed by atoms with Crippen LogP contribution in [0.15, 0.2) is 12.1 Å². The Morgan fingerprint density at radius 3 is 2.13 bits per heavy atom. The summed E-state index contributed by atoms with van der Waals surface area (Å²) in [7, 11) is 1.48. The van der Waals surface area contributed by atoms with Gasteiger partial charge in [-0.1, -0.05) is 0 Å². The summed E-state index contributed by atoms with van der Waals surface area (Å²) in [4.78, 5) is 1.28. The van der Waals surface area contributed by atoms with Gasteiger partial charge in [0.1, 0.15) is 17.3 Å². The minimum Gasteiger partial charge on any atom is -0.395 e. The van der Waals surface area contributed by atoms with Gasteiger partial charge in [0.25, 0.3) is 0 Å². The minimum absolute atomic E-state index is 0.145. The molecule has 0 aliphatic rings. The number of rotatable bonds is 4. The van der Waals surface area contributed by atoms with E-state index in [9.17, 15) is 8.78 Å². The number of nitrogens with zero attached hydrogens (tertiary/aromatic N) is 1. The van der Waals surface area contributed by atoms with Gasteiger partial charge in [0.2, 0.25) is 0 Å². The SMILES string of the molecule is CN(CCO)c1c(F)cc(CO)cc1F. The van der Waals surface area contributed by atoms with Crippen molar-refractivity contribution in [1.82, 2.24) is 0 Å². The molecule has 84 valence electrons. The second-order valence-corrected chi connectivity index (χ2v) is 3.21.